The number of nitriles is 1. The number of nitrogens with one attached hydrogen (secondary N) is 2. The first kappa shape index (κ1) is 26.3. The number of pyridine rings is 1. The van der Waals surface area contributed by atoms with Gasteiger partial charge in [0.25, 0.3) is 5.92 Å². The molecule has 0 bridgehead atoms. The number of hydrogen-bond donors (Lipinski definition) is 2. The average Bonchev–Trinajstić information content (AvgIpc) is 2.94. The van der Waals surface area contributed by atoms with Gasteiger partial charge in [-0.1, -0.05) is 0 Å². The van der Waals surface area contributed by atoms with E-state index in [4.69, 9.17) is 9.47 Å². The zero-order chi connectivity index (χ0) is 27.5. The lowest BCUT2D eigenvalue weighted by molar-refractivity contribution is -0.109. The van der Waals surface area contributed by atoms with Crippen LogP contribution in [0.3, 0.4) is 0 Å². The Bertz CT molecular complexity index is 1370. The minimum atomic E-state index is -3.03. The molecule has 10 nitrogen and oxygen atoms in total. The van der Waals surface area contributed by atoms with Gasteiger partial charge in [0.05, 0.1) is 37.2 Å². The highest BCUT2D eigenvalue weighted by Crippen LogP contribution is 2.30. The number of hydrogen-bond acceptors (Lipinski definition) is 10. The van der Waals surface area contributed by atoms with E-state index in [1.807, 2.05) is 18.2 Å². The van der Waals surface area contributed by atoms with Crippen LogP contribution in [0.4, 0.5) is 26.1 Å². The van der Waals surface area contributed by atoms with Crippen LogP contribution in [0, 0.1) is 11.3 Å². The molecule has 1 unspecified atom stereocenters. The summed E-state index contributed by atoms with van der Waals surface area (Å²) in [6, 6.07) is 15.5. The maximum absolute atomic E-state index is 14.2. The Kier molecular flexibility index (Phi) is 7.42. The summed E-state index contributed by atoms with van der Waals surface area (Å²) in [5.41, 5.74) is 2.83. The van der Waals surface area contributed by atoms with Gasteiger partial charge in [-0.05, 0) is 49.0 Å². The number of nitrogens with zero attached hydrogens (tertiary/aromatic N) is 6. The van der Waals surface area contributed by atoms with Crippen LogP contribution in [0.1, 0.15) is 12.1 Å². The highest BCUT2D eigenvalue weighted by molar-refractivity contribution is 5.62. The van der Waals surface area contributed by atoms with Gasteiger partial charge in [-0.2, -0.15) is 5.26 Å². The van der Waals surface area contributed by atoms with Crippen molar-refractivity contribution in [2.24, 2.45) is 0 Å². The standard InChI is InChI=1S/C28H30F2N8O2/c29-28(30)18-32-9-8-26(28)40-25-6-5-22(35-24(25)15-31)23-7-10-33-27(36-23)34-19-1-3-20(4-2-19)37-11-13-38(14-12-37)21-16-39-17-21/h1-7,10,21,26,32H,8-9,11-14,16-18H2,(H,33,34,36). The molecule has 3 fully saturated rings. The Hall–Kier alpha value is -3.92. The summed E-state index contributed by atoms with van der Waals surface area (Å²) in [5, 5.41) is 15.5. The van der Waals surface area contributed by atoms with Crippen molar-refractivity contribution in [2.45, 2.75) is 24.5 Å². The normalized spacial score (nSPS) is 21.3. The highest BCUT2D eigenvalue weighted by atomic mass is 19.3. The van der Waals surface area contributed by atoms with Gasteiger partial charge in [0, 0.05) is 50.2 Å². The van der Waals surface area contributed by atoms with Crippen LogP contribution in [0.25, 0.3) is 11.4 Å². The molecule has 3 aliphatic rings. The molecule has 3 aromatic rings. The van der Waals surface area contributed by atoms with Crippen LogP contribution in [0.15, 0.2) is 48.7 Å². The number of benzene rings is 1. The van der Waals surface area contributed by atoms with Crippen molar-refractivity contribution < 1.29 is 18.3 Å². The third kappa shape index (κ3) is 5.67. The third-order valence-corrected chi connectivity index (χ3v) is 7.51. The van der Waals surface area contributed by atoms with Crippen molar-refractivity contribution in [3.05, 3.63) is 54.4 Å². The van der Waals surface area contributed by atoms with E-state index in [1.54, 1.807) is 18.3 Å². The number of alkyl halides is 2. The summed E-state index contributed by atoms with van der Waals surface area (Å²) in [6.45, 7) is 5.69. The van der Waals surface area contributed by atoms with Crippen LogP contribution in [-0.2, 0) is 4.74 Å². The monoisotopic (exact) mass is 548 g/mol. The van der Waals surface area contributed by atoms with Crippen LogP contribution in [0.5, 0.6) is 5.75 Å². The van der Waals surface area contributed by atoms with Crippen LogP contribution >= 0.6 is 0 Å². The summed E-state index contributed by atoms with van der Waals surface area (Å²) in [6.07, 6.45) is 0.412. The van der Waals surface area contributed by atoms with Crippen molar-refractivity contribution in [1.82, 2.24) is 25.2 Å². The van der Waals surface area contributed by atoms with Crippen molar-refractivity contribution in [1.29, 1.82) is 5.26 Å². The SMILES string of the molecule is N#Cc1nc(-c2ccnc(Nc3ccc(N4CCN(C5COC5)CC4)cc3)n2)ccc1OC1CCNCC1(F)F. The smallest absolute Gasteiger partial charge is 0.296 e. The zero-order valence-corrected chi connectivity index (χ0v) is 21.9. The zero-order valence-electron chi connectivity index (χ0n) is 21.9. The second kappa shape index (κ2) is 11.3. The fourth-order valence-corrected chi connectivity index (χ4v) is 5.10. The molecule has 12 heteroatoms. The molecule has 6 rings (SSSR count). The molecule has 0 spiro atoms. The summed E-state index contributed by atoms with van der Waals surface area (Å²) >= 11 is 0. The first-order chi connectivity index (χ1) is 19.5. The summed E-state index contributed by atoms with van der Waals surface area (Å²) in [7, 11) is 0. The number of anilines is 3. The Morgan fingerprint density at radius 2 is 1.80 bits per heavy atom. The van der Waals surface area contributed by atoms with E-state index in [0.717, 1.165) is 45.1 Å². The van der Waals surface area contributed by atoms with Gasteiger partial charge in [-0.25, -0.2) is 23.7 Å². The predicted octanol–water partition coefficient (Wildman–Crippen LogP) is 3.05. The van der Waals surface area contributed by atoms with E-state index in [-0.39, 0.29) is 17.9 Å². The van der Waals surface area contributed by atoms with Gasteiger partial charge in [0.2, 0.25) is 5.95 Å². The van der Waals surface area contributed by atoms with Crippen molar-refractivity contribution in [3.8, 4) is 23.2 Å². The molecule has 2 N–H and O–H groups in total. The second-order valence-corrected chi connectivity index (χ2v) is 10.1. The summed E-state index contributed by atoms with van der Waals surface area (Å²) in [5.74, 6) is -2.63. The highest BCUT2D eigenvalue weighted by Gasteiger charge is 2.43. The van der Waals surface area contributed by atoms with Gasteiger partial charge in [0.15, 0.2) is 17.5 Å². The fraction of sp³-hybridized carbons (Fsp3) is 0.429. The van der Waals surface area contributed by atoms with E-state index in [2.05, 4.69) is 47.5 Å². The molecule has 0 saturated carbocycles. The topological polar surface area (TPSA) is 111 Å². The third-order valence-electron chi connectivity index (χ3n) is 7.51. The number of rotatable bonds is 7. The average molecular weight is 549 g/mol. The Morgan fingerprint density at radius 1 is 1.02 bits per heavy atom. The maximum atomic E-state index is 14.2. The maximum Gasteiger partial charge on any atom is 0.296 e. The molecule has 3 saturated heterocycles. The van der Waals surface area contributed by atoms with Crippen molar-refractivity contribution in [3.63, 3.8) is 0 Å². The van der Waals surface area contributed by atoms with E-state index >= 15 is 0 Å². The Morgan fingerprint density at radius 3 is 2.50 bits per heavy atom. The molecule has 40 heavy (non-hydrogen) atoms. The number of halogens is 2. The molecule has 0 amide bonds. The van der Waals surface area contributed by atoms with Gasteiger partial charge in [-0.3, -0.25) is 4.90 Å². The molecule has 5 heterocycles. The lowest BCUT2D eigenvalue weighted by Gasteiger charge is -2.43. The van der Waals surface area contributed by atoms with Crippen LogP contribution in [-0.4, -0.2) is 90.4 Å². The number of ether oxygens (including phenoxy) is 2. The summed E-state index contributed by atoms with van der Waals surface area (Å²) in [4.78, 5) is 18.1. The van der Waals surface area contributed by atoms with Crippen LogP contribution in [0.2, 0.25) is 0 Å². The molecule has 1 aromatic carbocycles. The Labute approximate surface area is 231 Å². The molecule has 0 aliphatic carbocycles. The van der Waals surface area contributed by atoms with E-state index < -0.39 is 18.6 Å². The number of piperidine rings is 1. The molecule has 3 aliphatic heterocycles. The van der Waals surface area contributed by atoms with Crippen molar-refractivity contribution in [2.75, 3.05) is 62.7 Å². The number of aromatic nitrogens is 3. The fourth-order valence-electron chi connectivity index (χ4n) is 5.10. The van der Waals surface area contributed by atoms with E-state index in [0.29, 0.717) is 29.9 Å². The summed E-state index contributed by atoms with van der Waals surface area (Å²) < 4.78 is 39.3. The predicted molar refractivity (Wildman–Crippen MR) is 145 cm³/mol. The minimum absolute atomic E-state index is 0.0313. The van der Waals surface area contributed by atoms with Crippen molar-refractivity contribution >= 4 is 17.3 Å². The lowest BCUT2D eigenvalue weighted by atomic mass is 10.1. The van der Waals surface area contributed by atoms with Gasteiger partial charge in [0.1, 0.15) is 6.07 Å². The van der Waals surface area contributed by atoms with E-state index in [9.17, 15) is 14.0 Å². The van der Waals surface area contributed by atoms with Crippen LogP contribution < -0.4 is 20.3 Å². The first-order valence-electron chi connectivity index (χ1n) is 13.4. The van der Waals surface area contributed by atoms with E-state index in [1.165, 1.54) is 11.8 Å². The van der Waals surface area contributed by atoms with Gasteiger partial charge < -0.3 is 25.0 Å². The minimum Gasteiger partial charge on any atom is -0.481 e. The molecule has 2 aromatic heterocycles. The Balaban J connectivity index is 1.11. The molecule has 1 atom stereocenters. The van der Waals surface area contributed by atoms with Gasteiger partial charge in [-0.15, -0.1) is 0 Å². The largest absolute Gasteiger partial charge is 0.481 e. The molecule has 208 valence electrons. The number of piperazine rings is 1. The molecular formula is C28H30F2N8O2. The first-order valence-corrected chi connectivity index (χ1v) is 13.4. The second-order valence-electron chi connectivity index (χ2n) is 10.1. The van der Waals surface area contributed by atoms with Gasteiger partial charge >= 0.3 is 0 Å². The lowest BCUT2D eigenvalue weighted by Crippen LogP contribution is -2.56. The quantitative estimate of drug-likeness (QED) is 0.457. The molecular weight excluding hydrogens is 518 g/mol. The molecule has 0 radical (unpaired) electrons.